The summed E-state index contributed by atoms with van der Waals surface area (Å²) in [7, 11) is 0. The fraction of sp³-hybridized carbons (Fsp3) is 0.273. The second-order valence-corrected chi connectivity index (χ2v) is 7.82. The highest BCUT2D eigenvalue weighted by Gasteiger charge is 2.29. The first-order valence-corrected chi connectivity index (χ1v) is 9.95. The summed E-state index contributed by atoms with van der Waals surface area (Å²) in [5.74, 6) is 0.718. The van der Waals surface area contributed by atoms with E-state index in [2.05, 4.69) is 15.9 Å². The van der Waals surface area contributed by atoms with Gasteiger partial charge in [-0.2, -0.15) is 0 Å². The lowest BCUT2D eigenvalue weighted by atomic mass is 9.89. The van der Waals surface area contributed by atoms with Crippen molar-refractivity contribution in [3.8, 4) is 11.5 Å². The highest BCUT2D eigenvalue weighted by atomic mass is 79.9. The molecule has 0 atom stereocenters. The Kier molecular flexibility index (Phi) is 5.12. The summed E-state index contributed by atoms with van der Waals surface area (Å²) >= 11 is 3.42. The Morgan fingerprint density at radius 3 is 2.70 bits per heavy atom. The number of ketones is 1. The molecule has 1 fully saturated rings. The SMILES string of the molecule is O=C1C(=Cc2cccc(Br)c2)Oc2cc(OC(=O)C3CCCCC3)ccc21. The molecule has 0 bridgehead atoms. The Morgan fingerprint density at radius 1 is 1.11 bits per heavy atom. The maximum atomic E-state index is 12.6. The summed E-state index contributed by atoms with van der Waals surface area (Å²) in [4.78, 5) is 24.9. The van der Waals surface area contributed by atoms with E-state index < -0.39 is 0 Å². The van der Waals surface area contributed by atoms with E-state index in [0.717, 1.165) is 35.7 Å². The molecule has 4 rings (SSSR count). The second kappa shape index (κ2) is 7.69. The van der Waals surface area contributed by atoms with Crippen LogP contribution in [0.25, 0.3) is 6.08 Å². The first kappa shape index (κ1) is 18.0. The van der Waals surface area contributed by atoms with Crippen molar-refractivity contribution >= 4 is 33.8 Å². The number of fused-ring (bicyclic) bond motifs is 1. The molecular formula is C22H19BrO4. The van der Waals surface area contributed by atoms with Gasteiger partial charge in [-0.25, -0.2) is 0 Å². The molecule has 2 aromatic rings. The molecule has 0 radical (unpaired) electrons. The van der Waals surface area contributed by atoms with E-state index in [1.54, 1.807) is 24.3 Å². The average molecular weight is 427 g/mol. The maximum absolute atomic E-state index is 12.6. The topological polar surface area (TPSA) is 52.6 Å². The summed E-state index contributed by atoms with van der Waals surface area (Å²) in [6.07, 6.45) is 6.82. The molecule has 2 aliphatic rings. The van der Waals surface area contributed by atoms with E-state index in [-0.39, 0.29) is 23.4 Å². The third-order valence-corrected chi connectivity index (χ3v) is 5.44. The van der Waals surface area contributed by atoms with E-state index in [4.69, 9.17) is 9.47 Å². The number of hydrogen-bond acceptors (Lipinski definition) is 4. The van der Waals surface area contributed by atoms with Crippen LogP contribution in [0.2, 0.25) is 0 Å². The highest BCUT2D eigenvalue weighted by molar-refractivity contribution is 9.10. The van der Waals surface area contributed by atoms with Gasteiger partial charge in [0.15, 0.2) is 5.76 Å². The minimum Gasteiger partial charge on any atom is -0.452 e. The van der Waals surface area contributed by atoms with Crippen LogP contribution in [0, 0.1) is 5.92 Å². The highest BCUT2D eigenvalue weighted by Crippen LogP contribution is 2.35. The number of halogens is 1. The van der Waals surface area contributed by atoms with E-state index in [1.165, 1.54) is 6.42 Å². The Hall–Kier alpha value is -2.40. The summed E-state index contributed by atoms with van der Waals surface area (Å²) in [6.45, 7) is 0. The van der Waals surface area contributed by atoms with Crippen molar-refractivity contribution in [2.75, 3.05) is 0 Å². The molecule has 2 aromatic carbocycles. The molecule has 1 saturated carbocycles. The van der Waals surface area contributed by atoms with Gasteiger partial charge in [-0.3, -0.25) is 9.59 Å². The molecule has 138 valence electrons. The number of Topliss-reactive ketones (excluding diaryl/α,β-unsaturated/α-hetero) is 1. The van der Waals surface area contributed by atoms with Crippen LogP contribution in [0.5, 0.6) is 11.5 Å². The van der Waals surface area contributed by atoms with Crippen molar-refractivity contribution in [3.63, 3.8) is 0 Å². The number of esters is 1. The first-order valence-electron chi connectivity index (χ1n) is 9.16. The quantitative estimate of drug-likeness (QED) is 0.366. The summed E-state index contributed by atoms with van der Waals surface area (Å²) < 4.78 is 12.2. The number of allylic oxidation sites excluding steroid dienone is 1. The predicted molar refractivity (Wildman–Crippen MR) is 106 cm³/mol. The van der Waals surface area contributed by atoms with E-state index in [9.17, 15) is 9.59 Å². The molecule has 0 amide bonds. The van der Waals surface area contributed by atoms with Crippen molar-refractivity contribution in [1.29, 1.82) is 0 Å². The number of benzene rings is 2. The van der Waals surface area contributed by atoms with Gasteiger partial charge in [-0.05, 0) is 48.7 Å². The van der Waals surface area contributed by atoms with Crippen molar-refractivity contribution in [1.82, 2.24) is 0 Å². The Morgan fingerprint density at radius 2 is 1.93 bits per heavy atom. The Labute approximate surface area is 166 Å². The minimum atomic E-state index is -0.191. The van der Waals surface area contributed by atoms with Gasteiger partial charge in [0.2, 0.25) is 5.78 Å². The lowest BCUT2D eigenvalue weighted by Crippen LogP contribution is -2.22. The molecule has 1 aliphatic carbocycles. The molecule has 1 heterocycles. The average Bonchev–Trinajstić information content (AvgIpc) is 2.97. The Bertz CT molecular complexity index is 926. The van der Waals surface area contributed by atoms with Crippen LogP contribution < -0.4 is 9.47 Å². The molecule has 0 unspecified atom stereocenters. The van der Waals surface area contributed by atoms with Gasteiger partial charge in [0.1, 0.15) is 11.5 Å². The summed E-state index contributed by atoms with van der Waals surface area (Å²) in [5.41, 5.74) is 1.35. The van der Waals surface area contributed by atoms with Gasteiger partial charge in [0.25, 0.3) is 0 Å². The zero-order chi connectivity index (χ0) is 18.8. The van der Waals surface area contributed by atoms with E-state index in [0.29, 0.717) is 17.1 Å². The third-order valence-electron chi connectivity index (χ3n) is 4.94. The normalized spacial score (nSPS) is 18.3. The van der Waals surface area contributed by atoms with E-state index in [1.807, 2.05) is 24.3 Å². The smallest absolute Gasteiger partial charge is 0.314 e. The summed E-state index contributed by atoms with van der Waals surface area (Å²) in [5, 5.41) is 0. The zero-order valence-electron chi connectivity index (χ0n) is 14.7. The van der Waals surface area contributed by atoms with Crippen LogP contribution in [0.4, 0.5) is 0 Å². The fourth-order valence-electron chi connectivity index (χ4n) is 3.52. The number of rotatable bonds is 3. The third kappa shape index (κ3) is 3.98. The summed E-state index contributed by atoms with van der Waals surface area (Å²) in [6, 6.07) is 12.5. The van der Waals surface area contributed by atoms with Crippen molar-refractivity contribution in [2.45, 2.75) is 32.1 Å². The van der Waals surface area contributed by atoms with Crippen LogP contribution in [-0.4, -0.2) is 11.8 Å². The monoisotopic (exact) mass is 426 g/mol. The molecule has 5 heteroatoms. The number of carbonyl (C=O) groups excluding carboxylic acids is 2. The second-order valence-electron chi connectivity index (χ2n) is 6.91. The van der Waals surface area contributed by atoms with Crippen LogP contribution in [-0.2, 0) is 4.79 Å². The van der Waals surface area contributed by atoms with Gasteiger partial charge in [0, 0.05) is 10.5 Å². The fourth-order valence-corrected chi connectivity index (χ4v) is 3.93. The number of hydrogen-bond donors (Lipinski definition) is 0. The molecule has 0 N–H and O–H groups in total. The van der Waals surface area contributed by atoms with Gasteiger partial charge < -0.3 is 9.47 Å². The van der Waals surface area contributed by atoms with Gasteiger partial charge >= 0.3 is 5.97 Å². The standard InChI is InChI=1S/C22H19BrO4/c23-16-8-4-5-14(11-16)12-20-21(24)18-10-9-17(13-19(18)27-20)26-22(25)15-6-2-1-3-7-15/h4-5,8-13,15H,1-3,6-7H2. The van der Waals surface area contributed by atoms with Crippen LogP contribution in [0.15, 0.2) is 52.7 Å². The molecule has 1 aliphatic heterocycles. The first-order chi connectivity index (χ1) is 13.1. The predicted octanol–water partition coefficient (Wildman–Crippen LogP) is 5.55. The van der Waals surface area contributed by atoms with Gasteiger partial charge in [-0.15, -0.1) is 0 Å². The molecule has 4 nitrogen and oxygen atoms in total. The van der Waals surface area contributed by atoms with Crippen molar-refractivity contribution in [2.24, 2.45) is 5.92 Å². The lowest BCUT2D eigenvalue weighted by Gasteiger charge is -2.19. The van der Waals surface area contributed by atoms with Gasteiger partial charge in [0.05, 0.1) is 11.5 Å². The molecule has 27 heavy (non-hydrogen) atoms. The largest absolute Gasteiger partial charge is 0.452 e. The van der Waals surface area contributed by atoms with Crippen LogP contribution >= 0.6 is 15.9 Å². The number of carbonyl (C=O) groups is 2. The maximum Gasteiger partial charge on any atom is 0.314 e. The molecule has 0 aromatic heterocycles. The van der Waals surface area contributed by atoms with Gasteiger partial charge in [-0.1, -0.05) is 47.3 Å². The Balaban J connectivity index is 1.51. The van der Waals surface area contributed by atoms with Crippen molar-refractivity contribution < 1.29 is 19.1 Å². The minimum absolute atomic E-state index is 0.0264. The molecule has 0 spiro atoms. The van der Waals surface area contributed by atoms with Crippen LogP contribution in [0.3, 0.4) is 0 Å². The zero-order valence-corrected chi connectivity index (χ0v) is 16.3. The van der Waals surface area contributed by atoms with Crippen molar-refractivity contribution in [3.05, 3.63) is 63.8 Å². The molecular weight excluding hydrogens is 408 g/mol. The van der Waals surface area contributed by atoms with Crippen LogP contribution in [0.1, 0.15) is 48.0 Å². The number of ether oxygens (including phenoxy) is 2. The molecule has 0 saturated heterocycles. The van der Waals surface area contributed by atoms with E-state index >= 15 is 0 Å². The lowest BCUT2D eigenvalue weighted by molar-refractivity contribution is -0.139.